The maximum Gasteiger partial charge on any atom is 0.185 e. The summed E-state index contributed by atoms with van der Waals surface area (Å²) in [5.74, 6) is -0.658. The molecule has 0 aliphatic carbocycles. The molecule has 0 aliphatic heterocycles. The molecule has 2 nitrogen and oxygen atoms in total. The van der Waals surface area contributed by atoms with Gasteiger partial charge >= 0.3 is 0 Å². The molecule has 19 heavy (non-hydrogen) atoms. The van der Waals surface area contributed by atoms with Crippen LogP contribution in [-0.2, 0) is 0 Å². The van der Waals surface area contributed by atoms with Crippen LogP contribution in [0.1, 0.15) is 15.2 Å². The molecule has 0 aliphatic rings. The minimum absolute atomic E-state index is 0.128. The second kappa shape index (κ2) is 6.12. The van der Waals surface area contributed by atoms with Gasteiger partial charge in [-0.2, -0.15) is 0 Å². The third-order valence-electron chi connectivity index (χ3n) is 2.42. The molecule has 2 aromatic rings. The Bertz CT molecular complexity index is 634. The Morgan fingerprint density at radius 1 is 1.42 bits per heavy atom. The lowest BCUT2D eigenvalue weighted by Crippen LogP contribution is -1.96. The van der Waals surface area contributed by atoms with Gasteiger partial charge in [-0.25, -0.2) is 4.39 Å². The van der Waals surface area contributed by atoms with Crippen LogP contribution < -0.4 is 4.74 Å². The number of allylic oxidation sites excluding steroid dienone is 1. The van der Waals surface area contributed by atoms with Crippen LogP contribution in [0.4, 0.5) is 4.39 Å². The van der Waals surface area contributed by atoms with E-state index in [0.29, 0.717) is 5.56 Å². The number of ketones is 1. The largest absolute Gasteiger partial charge is 0.494 e. The molecular weight excluding hydrogens is 331 g/mol. The van der Waals surface area contributed by atoms with E-state index < -0.39 is 5.82 Å². The lowest BCUT2D eigenvalue weighted by molar-refractivity contribution is 0.104. The van der Waals surface area contributed by atoms with Crippen LogP contribution >= 0.6 is 27.3 Å². The van der Waals surface area contributed by atoms with Gasteiger partial charge in [-0.05, 0) is 52.3 Å². The van der Waals surface area contributed by atoms with Crippen molar-refractivity contribution >= 4 is 39.1 Å². The molecule has 0 radical (unpaired) electrons. The number of thiophene rings is 1. The minimum atomic E-state index is -0.541. The van der Waals surface area contributed by atoms with Crippen molar-refractivity contribution in [3.8, 4) is 5.75 Å². The van der Waals surface area contributed by atoms with Gasteiger partial charge in [-0.1, -0.05) is 0 Å². The number of methoxy groups -OCH3 is 1. The second-order valence-electron chi connectivity index (χ2n) is 3.71. The molecular formula is C14H10BrFO2S. The van der Waals surface area contributed by atoms with Gasteiger partial charge in [0.25, 0.3) is 0 Å². The molecule has 0 unspecified atom stereocenters. The van der Waals surface area contributed by atoms with Crippen molar-refractivity contribution in [2.75, 3.05) is 7.11 Å². The van der Waals surface area contributed by atoms with E-state index in [9.17, 15) is 9.18 Å². The highest BCUT2D eigenvalue weighted by atomic mass is 79.9. The summed E-state index contributed by atoms with van der Waals surface area (Å²) in [7, 11) is 1.38. The molecule has 2 rings (SSSR count). The molecule has 1 aromatic heterocycles. The predicted octanol–water partition coefficient (Wildman–Crippen LogP) is 4.55. The Labute approximate surface area is 122 Å². The summed E-state index contributed by atoms with van der Waals surface area (Å²) in [5.41, 5.74) is 0.296. The lowest BCUT2D eigenvalue weighted by atomic mass is 10.1. The average Bonchev–Trinajstić information content (AvgIpc) is 2.81. The summed E-state index contributed by atoms with van der Waals surface area (Å²) < 4.78 is 19.2. The average molecular weight is 341 g/mol. The number of ether oxygens (including phenoxy) is 1. The SMILES string of the molecule is COc1ccc(C(=O)/C=C/c2cc(Br)cs2)cc1F. The van der Waals surface area contributed by atoms with Crippen LogP contribution in [0.2, 0.25) is 0 Å². The van der Waals surface area contributed by atoms with Gasteiger partial charge in [0.2, 0.25) is 0 Å². The number of rotatable bonds is 4. The monoisotopic (exact) mass is 340 g/mol. The van der Waals surface area contributed by atoms with E-state index in [4.69, 9.17) is 4.74 Å². The Hall–Kier alpha value is -1.46. The number of benzene rings is 1. The van der Waals surface area contributed by atoms with Crippen molar-refractivity contribution < 1.29 is 13.9 Å². The van der Waals surface area contributed by atoms with Gasteiger partial charge in [0.15, 0.2) is 17.3 Å². The standard InChI is InChI=1S/C14H10BrFO2S/c1-18-14-5-2-9(6-12(14)16)13(17)4-3-11-7-10(15)8-19-11/h2-8H,1H3/b4-3+. The molecule has 0 bridgehead atoms. The van der Waals surface area contributed by atoms with Gasteiger partial charge in [0.1, 0.15) is 0 Å². The summed E-state index contributed by atoms with van der Waals surface area (Å²) in [5, 5.41) is 1.93. The van der Waals surface area contributed by atoms with E-state index in [1.165, 1.54) is 36.7 Å². The molecule has 98 valence electrons. The van der Waals surface area contributed by atoms with Crippen molar-refractivity contribution in [2.45, 2.75) is 0 Å². The first kappa shape index (κ1) is 14.0. The van der Waals surface area contributed by atoms with E-state index in [-0.39, 0.29) is 11.5 Å². The Kier molecular flexibility index (Phi) is 4.50. The molecule has 0 amide bonds. The third kappa shape index (κ3) is 3.52. The second-order valence-corrected chi connectivity index (χ2v) is 5.57. The van der Waals surface area contributed by atoms with Crippen molar-refractivity contribution in [1.82, 2.24) is 0 Å². The first-order valence-corrected chi connectivity index (χ1v) is 7.07. The molecule has 1 aromatic carbocycles. The van der Waals surface area contributed by atoms with Gasteiger partial charge < -0.3 is 4.74 Å². The number of hydrogen-bond donors (Lipinski definition) is 0. The van der Waals surface area contributed by atoms with Crippen LogP contribution in [0.5, 0.6) is 5.75 Å². The first-order valence-electron chi connectivity index (χ1n) is 5.40. The minimum Gasteiger partial charge on any atom is -0.494 e. The number of halogens is 2. The van der Waals surface area contributed by atoms with Crippen molar-refractivity contribution in [2.24, 2.45) is 0 Å². The zero-order chi connectivity index (χ0) is 13.8. The first-order chi connectivity index (χ1) is 9.10. The molecule has 1 heterocycles. The lowest BCUT2D eigenvalue weighted by Gasteiger charge is -2.02. The van der Waals surface area contributed by atoms with Crippen LogP contribution in [0.3, 0.4) is 0 Å². The van der Waals surface area contributed by atoms with Crippen LogP contribution in [0, 0.1) is 5.82 Å². The summed E-state index contributed by atoms with van der Waals surface area (Å²) in [6.07, 6.45) is 3.14. The fraction of sp³-hybridized carbons (Fsp3) is 0.0714. The highest BCUT2D eigenvalue weighted by molar-refractivity contribution is 9.10. The molecule has 0 fully saturated rings. The van der Waals surface area contributed by atoms with Crippen LogP contribution in [0.25, 0.3) is 6.08 Å². The number of carbonyl (C=O) groups excluding carboxylic acids is 1. The molecule has 0 spiro atoms. The maximum absolute atomic E-state index is 13.5. The highest BCUT2D eigenvalue weighted by Gasteiger charge is 2.07. The van der Waals surface area contributed by atoms with Crippen molar-refractivity contribution in [1.29, 1.82) is 0 Å². The Morgan fingerprint density at radius 2 is 2.21 bits per heavy atom. The Morgan fingerprint density at radius 3 is 2.79 bits per heavy atom. The zero-order valence-corrected chi connectivity index (χ0v) is 12.4. The number of carbonyl (C=O) groups is 1. The summed E-state index contributed by atoms with van der Waals surface area (Å²) in [6.45, 7) is 0. The van der Waals surface area contributed by atoms with Crippen LogP contribution in [0.15, 0.2) is 40.2 Å². The fourth-order valence-electron chi connectivity index (χ4n) is 1.49. The smallest absolute Gasteiger partial charge is 0.185 e. The van der Waals surface area contributed by atoms with Crippen molar-refractivity contribution in [3.05, 3.63) is 56.5 Å². The van der Waals surface area contributed by atoms with E-state index in [1.807, 2.05) is 11.4 Å². The molecule has 0 saturated heterocycles. The van der Waals surface area contributed by atoms with Crippen LogP contribution in [-0.4, -0.2) is 12.9 Å². The van der Waals surface area contributed by atoms with Gasteiger partial charge in [0, 0.05) is 20.3 Å². The molecule has 0 atom stereocenters. The van der Waals surface area contributed by atoms with E-state index in [0.717, 1.165) is 9.35 Å². The fourth-order valence-corrected chi connectivity index (χ4v) is 2.83. The third-order valence-corrected chi connectivity index (χ3v) is 4.08. The van der Waals surface area contributed by atoms with Gasteiger partial charge in [-0.15, -0.1) is 11.3 Å². The van der Waals surface area contributed by atoms with E-state index >= 15 is 0 Å². The van der Waals surface area contributed by atoms with Crippen molar-refractivity contribution in [3.63, 3.8) is 0 Å². The quantitative estimate of drug-likeness (QED) is 0.602. The normalized spacial score (nSPS) is 10.9. The zero-order valence-electron chi connectivity index (χ0n) is 10.0. The predicted molar refractivity (Wildman–Crippen MR) is 78.3 cm³/mol. The summed E-state index contributed by atoms with van der Waals surface area (Å²) in [6, 6.07) is 6.07. The summed E-state index contributed by atoms with van der Waals surface area (Å²) >= 11 is 4.85. The summed E-state index contributed by atoms with van der Waals surface area (Å²) in [4.78, 5) is 12.8. The van der Waals surface area contributed by atoms with Gasteiger partial charge in [-0.3, -0.25) is 4.79 Å². The Balaban J connectivity index is 2.16. The maximum atomic E-state index is 13.5. The molecule has 0 N–H and O–H groups in total. The van der Waals surface area contributed by atoms with E-state index in [1.54, 1.807) is 12.1 Å². The van der Waals surface area contributed by atoms with Gasteiger partial charge in [0.05, 0.1) is 7.11 Å². The topological polar surface area (TPSA) is 26.3 Å². The molecule has 5 heteroatoms. The van der Waals surface area contributed by atoms with E-state index in [2.05, 4.69) is 15.9 Å². The highest BCUT2D eigenvalue weighted by Crippen LogP contribution is 2.22. The molecule has 0 saturated carbocycles. The number of hydrogen-bond acceptors (Lipinski definition) is 3.